The molecular weight excluding hydrogens is 466 g/mol. The van der Waals surface area contributed by atoms with Gasteiger partial charge >= 0.3 is 5.56 Å². The summed E-state index contributed by atoms with van der Waals surface area (Å²) in [5, 5.41) is 4.25. The molecule has 3 aromatic heterocycles. The molecule has 8 heteroatoms. The highest BCUT2D eigenvalue weighted by Crippen LogP contribution is 2.25. The third-order valence-electron chi connectivity index (χ3n) is 4.44. The summed E-state index contributed by atoms with van der Waals surface area (Å²) in [6.07, 6.45) is 1.64. The number of rotatable bonds is 3. The quantitative estimate of drug-likeness (QED) is 0.395. The molecule has 2 aromatic carbocycles. The fraction of sp³-hybridized carbons (Fsp3) is 0. The minimum atomic E-state index is -0.469. The Morgan fingerprint density at radius 1 is 0.967 bits per heavy atom. The van der Waals surface area contributed by atoms with Crippen LogP contribution in [0, 0.1) is 0 Å². The molecule has 30 heavy (non-hydrogen) atoms. The molecule has 0 aliphatic heterocycles. The van der Waals surface area contributed by atoms with Gasteiger partial charge in [0.05, 0.1) is 0 Å². The molecule has 0 N–H and O–H groups in total. The van der Waals surface area contributed by atoms with Crippen molar-refractivity contribution in [2.24, 2.45) is 0 Å². The lowest BCUT2D eigenvalue weighted by Crippen LogP contribution is -2.26. The van der Waals surface area contributed by atoms with Crippen LogP contribution in [0.5, 0.6) is 0 Å². The predicted molar refractivity (Wildman–Crippen MR) is 119 cm³/mol. The molecule has 0 unspecified atom stereocenters. The van der Waals surface area contributed by atoms with Gasteiger partial charge in [-0.05, 0) is 24.3 Å². The molecule has 0 saturated heterocycles. The summed E-state index contributed by atoms with van der Waals surface area (Å²) in [5.41, 5.74) is 0.864. The number of nitrogens with zero attached hydrogens (tertiary/aromatic N) is 3. The Morgan fingerprint density at radius 3 is 2.57 bits per heavy atom. The lowest BCUT2D eigenvalue weighted by molar-refractivity contribution is 0.571. The van der Waals surface area contributed by atoms with Gasteiger partial charge in [0.2, 0.25) is 4.96 Å². The minimum absolute atomic E-state index is 0.143. The average molecular weight is 478 g/mol. The molecular formula is C22H12BrN3O3S. The van der Waals surface area contributed by atoms with Gasteiger partial charge in [-0.2, -0.15) is 14.6 Å². The summed E-state index contributed by atoms with van der Waals surface area (Å²) in [4.78, 5) is 29.5. The zero-order valence-corrected chi connectivity index (χ0v) is 17.7. The number of aromatic nitrogens is 3. The first-order valence-electron chi connectivity index (χ1n) is 8.95. The van der Waals surface area contributed by atoms with Gasteiger partial charge in [0.25, 0.3) is 5.56 Å². The van der Waals surface area contributed by atoms with Crippen LogP contribution in [-0.2, 0) is 0 Å². The Balaban J connectivity index is 1.60. The van der Waals surface area contributed by atoms with E-state index >= 15 is 0 Å². The fourth-order valence-electron chi connectivity index (χ4n) is 3.04. The average Bonchev–Trinajstić information content (AvgIpc) is 3.33. The van der Waals surface area contributed by atoms with Crippen LogP contribution >= 0.6 is 27.3 Å². The van der Waals surface area contributed by atoms with E-state index in [1.165, 1.54) is 4.52 Å². The largest absolute Gasteiger partial charge is 0.457 e. The van der Waals surface area contributed by atoms with Crippen molar-refractivity contribution in [2.45, 2.75) is 0 Å². The van der Waals surface area contributed by atoms with Crippen LogP contribution in [0.25, 0.3) is 33.6 Å². The highest BCUT2D eigenvalue weighted by Gasteiger charge is 2.13. The van der Waals surface area contributed by atoms with Crippen molar-refractivity contribution in [2.75, 3.05) is 0 Å². The van der Waals surface area contributed by atoms with Gasteiger partial charge in [-0.15, -0.1) is 0 Å². The van der Waals surface area contributed by atoms with Gasteiger partial charge in [0.1, 0.15) is 16.1 Å². The Bertz CT molecular complexity index is 1550. The SMILES string of the molecule is O=c1nc2sc(=Cc3ccc(-c4cccc(Br)c4)o3)c(=O)n2nc1-c1ccccc1. The van der Waals surface area contributed by atoms with Gasteiger partial charge in [-0.1, -0.05) is 69.7 Å². The van der Waals surface area contributed by atoms with Crippen molar-refractivity contribution in [3.05, 3.63) is 102 Å². The maximum absolute atomic E-state index is 12.8. The smallest absolute Gasteiger partial charge is 0.300 e. The van der Waals surface area contributed by atoms with E-state index in [0.717, 1.165) is 21.4 Å². The van der Waals surface area contributed by atoms with Crippen molar-refractivity contribution < 1.29 is 4.42 Å². The molecule has 0 saturated carbocycles. The third-order valence-corrected chi connectivity index (χ3v) is 5.89. The van der Waals surface area contributed by atoms with Crippen LogP contribution < -0.4 is 15.7 Å². The molecule has 146 valence electrons. The second-order valence-corrected chi connectivity index (χ2v) is 8.38. The van der Waals surface area contributed by atoms with E-state index in [0.29, 0.717) is 21.6 Å². The summed E-state index contributed by atoms with van der Waals surface area (Å²) in [7, 11) is 0. The highest BCUT2D eigenvalue weighted by molar-refractivity contribution is 9.10. The number of hydrogen-bond acceptors (Lipinski definition) is 6. The van der Waals surface area contributed by atoms with Crippen LogP contribution in [0.1, 0.15) is 5.76 Å². The Hall–Kier alpha value is -3.36. The van der Waals surface area contributed by atoms with Crippen LogP contribution in [0.2, 0.25) is 0 Å². The first-order valence-corrected chi connectivity index (χ1v) is 10.6. The number of hydrogen-bond donors (Lipinski definition) is 0. The van der Waals surface area contributed by atoms with Gasteiger partial charge in [-0.25, -0.2) is 0 Å². The number of thiazole rings is 1. The predicted octanol–water partition coefficient (Wildman–Crippen LogP) is 3.75. The molecule has 3 heterocycles. The first-order chi connectivity index (χ1) is 14.6. The second-order valence-electron chi connectivity index (χ2n) is 6.45. The summed E-state index contributed by atoms with van der Waals surface area (Å²) in [6, 6.07) is 20.3. The molecule has 0 amide bonds. The van der Waals surface area contributed by atoms with E-state index in [9.17, 15) is 9.59 Å². The Morgan fingerprint density at radius 2 is 1.77 bits per heavy atom. The molecule has 0 spiro atoms. The number of benzene rings is 2. The van der Waals surface area contributed by atoms with E-state index in [-0.39, 0.29) is 16.2 Å². The molecule has 5 aromatic rings. The molecule has 5 rings (SSSR count). The topological polar surface area (TPSA) is 77.5 Å². The van der Waals surface area contributed by atoms with Crippen LogP contribution in [0.15, 0.2) is 85.2 Å². The number of furan rings is 1. The lowest BCUT2D eigenvalue weighted by Gasteiger charge is -1.98. The van der Waals surface area contributed by atoms with Crippen molar-refractivity contribution in [1.29, 1.82) is 0 Å². The summed E-state index contributed by atoms with van der Waals surface area (Å²) < 4.78 is 8.37. The first kappa shape index (κ1) is 18.7. The standard InChI is InChI=1S/C22H12BrN3O3S/c23-15-8-4-7-14(11-15)17-10-9-16(29-17)12-18-21(28)26-22(30-18)24-20(27)19(25-26)13-5-2-1-3-6-13/h1-12H. The summed E-state index contributed by atoms with van der Waals surface area (Å²) in [5.74, 6) is 1.22. The zero-order valence-electron chi connectivity index (χ0n) is 15.3. The van der Waals surface area contributed by atoms with Crippen molar-refractivity contribution in [3.8, 4) is 22.6 Å². The zero-order chi connectivity index (χ0) is 20.7. The van der Waals surface area contributed by atoms with Crippen LogP contribution in [0.4, 0.5) is 0 Å². The molecule has 0 atom stereocenters. The maximum Gasteiger partial charge on any atom is 0.300 e. The normalized spacial score (nSPS) is 12.0. The number of fused-ring (bicyclic) bond motifs is 1. The van der Waals surface area contributed by atoms with E-state index in [1.807, 2.05) is 36.4 Å². The van der Waals surface area contributed by atoms with E-state index in [4.69, 9.17) is 4.42 Å². The van der Waals surface area contributed by atoms with Crippen molar-refractivity contribution >= 4 is 38.3 Å². The maximum atomic E-state index is 12.8. The molecule has 0 fully saturated rings. The van der Waals surface area contributed by atoms with Gasteiger partial charge in [0.15, 0.2) is 5.69 Å². The van der Waals surface area contributed by atoms with Gasteiger partial charge in [-0.3, -0.25) is 9.59 Å². The van der Waals surface area contributed by atoms with Crippen molar-refractivity contribution in [1.82, 2.24) is 14.6 Å². The monoisotopic (exact) mass is 477 g/mol. The van der Waals surface area contributed by atoms with Crippen LogP contribution in [0.3, 0.4) is 0 Å². The summed E-state index contributed by atoms with van der Waals surface area (Å²) in [6.45, 7) is 0. The van der Waals surface area contributed by atoms with Gasteiger partial charge in [0, 0.05) is 21.7 Å². The lowest BCUT2D eigenvalue weighted by atomic mass is 10.2. The molecule has 0 bridgehead atoms. The Labute approximate surface area is 181 Å². The minimum Gasteiger partial charge on any atom is -0.457 e. The van der Waals surface area contributed by atoms with Crippen LogP contribution in [-0.4, -0.2) is 14.6 Å². The molecule has 6 nitrogen and oxygen atoms in total. The van der Waals surface area contributed by atoms with Crippen molar-refractivity contribution in [3.63, 3.8) is 0 Å². The highest BCUT2D eigenvalue weighted by atomic mass is 79.9. The second kappa shape index (κ2) is 7.47. The molecule has 0 radical (unpaired) electrons. The van der Waals surface area contributed by atoms with E-state index in [2.05, 4.69) is 26.0 Å². The fourth-order valence-corrected chi connectivity index (χ4v) is 4.33. The number of halogens is 1. The Kier molecular flexibility index (Phi) is 4.65. The molecule has 0 aliphatic rings. The third kappa shape index (κ3) is 3.40. The van der Waals surface area contributed by atoms with E-state index in [1.54, 1.807) is 36.4 Å². The summed E-state index contributed by atoms with van der Waals surface area (Å²) >= 11 is 4.54. The van der Waals surface area contributed by atoms with E-state index < -0.39 is 5.56 Å². The molecule has 0 aliphatic carbocycles. The van der Waals surface area contributed by atoms with Gasteiger partial charge < -0.3 is 4.42 Å².